The number of aliphatic hydroxyl groups excluding tert-OH is 1. The van der Waals surface area contributed by atoms with E-state index in [2.05, 4.69) is 24.0 Å². The standard InChI is InChI=1S/C13H17NOS2/c1-3-12-4-5-13(17-12)7-11(15)6-10-8-16-9(2)14-10/h4-5,8,11,15H,3,6-7H2,1-2H3. The van der Waals surface area contributed by atoms with Crippen molar-refractivity contribution in [2.45, 2.75) is 39.2 Å². The summed E-state index contributed by atoms with van der Waals surface area (Å²) in [6.07, 6.45) is 2.15. The molecule has 0 saturated carbocycles. The Labute approximate surface area is 110 Å². The zero-order valence-electron chi connectivity index (χ0n) is 10.1. The van der Waals surface area contributed by atoms with Gasteiger partial charge >= 0.3 is 0 Å². The third-order valence-electron chi connectivity index (χ3n) is 2.61. The van der Waals surface area contributed by atoms with Crippen LogP contribution < -0.4 is 0 Å². The van der Waals surface area contributed by atoms with Gasteiger partial charge in [-0.3, -0.25) is 0 Å². The summed E-state index contributed by atoms with van der Waals surface area (Å²) in [5, 5.41) is 13.1. The molecule has 17 heavy (non-hydrogen) atoms. The summed E-state index contributed by atoms with van der Waals surface area (Å²) >= 11 is 3.44. The van der Waals surface area contributed by atoms with Gasteiger partial charge in [0.1, 0.15) is 0 Å². The van der Waals surface area contributed by atoms with E-state index in [1.165, 1.54) is 9.75 Å². The third kappa shape index (κ3) is 3.63. The second-order valence-electron chi connectivity index (χ2n) is 4.14. The van der Waals surface area contributed by atoms with Gasteiger partial charge in [0.05, 0.1) is 16.8 Å². The lowest BCUT2D eigenvalue weighted by atomic mass is 10.1. The van der Waals surface area contributed by atoms with Crippen molar-refractivity contribution in [1.82, 2.24) is 4.98 Å². The van der Waals surface area contributed by atoms with Gasteiger partial charge in [0.15, 0.2) is 0 Å². The Hall–Kier alpha value is -0.710. The highest BCUT2D eigenvalue weighted by Gasteiger charge is 2.10. The molecule has 0 fully saturated rings. The van der Waals surface area contributed by atoms with Crippen molar-refractivity contribution in [2.24, 2.45) is 0 Å². The van der Waals surface area contributed by atoms with E-state index in [9.17, 15) is 5.11 Å². The maximum atomic E-state index is 10.0. The van der Waals surface area contributed by atoms with Crippen LogP contribution in [0.2, 0.25) is 0 Å². The maximum absolute atomic E-state index is 10.0. The number of rotatable bonds is 5. The molecular weight excluding hydrogens is 250 g/mol. The molecule has 0 saturated heterocycles. The number of hydrogen-bond donors (Lipinski definition) is 1. The first-order valence-corrected chi connectivity index (χ1v) is 7.53. The normalized spacial score (nSPS) is 12.9. The van der Waals surface area contributed by atoms with Crippen molar-refractivity contribution in [2.75, 3.05) is 0 Å². The summed E-state index contributed by atoms with van der Waals surface area (Å²) in [6.45, 7) is 4.15. The van der Waals surface area contributed by atoms with Crippen LogP contribution in [0.3, 0.4) is 0 Å². The Bertz CT molecular complexity index is 475. The maximum Gasteiger partial charge on any atom is 0.0897 e. The van der Waals surface area contributed by atoms with Gasteiger partial charge in [-0.2, -0.15) is 0 Å². The zero-order valence-corrected chi connectivity index (χ0v) is 11.8. The summed E-state index contributed by atoms with van der Waals surface area (Å²) < 4.78 is 0. The Kier molecular flexibility index (Phi) is 4.31. The van der Waals surface area contributed by atoms with Gasteiger partial charge < -0.3 is 5.11 Å². The van der Waals surface area contributed by atoms with Gasteiger partial charge in [0.25, 0.3) is 0 Å². The van der Waals surface area contributed by atoms with E-state index < -0.39 is 0 Å². The number of thiazole rings is 1. The SMILES string of the molecule is CCc1ccc(CC(O)Cc2csc(C)n2)s1. The molecule has 2 nitrogen and oxygen atoms in total. The molecule has 0 aliphatic carbocycles. The monoisotopic (exact) mass is 267 g/mol. The van der Waals surface area contributed by atoms with Gasteiger partial charge in [-0.25, -0.2) is 4.98 Å². The smallest absolute Gasteiger partial charge is 0.0897 e. The van der Waals surface area contributed by atoms with Crippen molar-refractivity contribution in [3.63, 3.8) is 0 Å². The van der Waals surface area contributed by atoms with Gasteiger partial charge in [-0.1, -0.05) is 6.92 Å². The van der Waals surface area contributed by atoms with Crippen molar-refractivity contribution >= 4 is 22.7 Å². The fourth-order valence-electron chi connectivity index (χ4n) is 1.77. The third-order valence-corrected chi connectivity index (χ3v) is 4.69. The lowest BCUT2D eigenvalue weighted by Gasteiger charge is -2.06. The molecule has 0 aliphatic heterocycles. The van der Waals surface area contributed by atoms with Crippen LogP contribution in [0.25, 0.3) is 0 Å². The van der Waals surface area contributed by atoms with E-state index in [4.69, 9.17) is 0 Å². The van der Waals surface area contributed by atoms with Crippen LogP contribution in [-0.4, -0.2) is 16.2 Å². The molecule has 4 heteroatoms. The quantitative estimate of drug-likeness (QED) is 0.902. The summed E-state index contributed by atoms with van der Waals surface area (Å²) in [5.41, 5.74) is 1.01. The largest absolute Gasteiger partial charge is 0.392 e. The predicted molar refractivity (Wildman–Crippen MR) is 74.0 cm³/mol. The zero-order chi connectivity index (χ0) is 12.3. The van der Waals surface area contributed by atoms with E-state index in [-0.39, 0.29) is 6.10 Å². The average Bonchev–Trinajstić information content (AvgIpc) is 2.88. The summed E-state index contributed by atoms with van der Waals surface area (Å²) in [6, 6.07) is 4.28. The van der Waals surface area contributed by atoms with Crippen LogP contribution in [0.15, 0.2) is 17.5 Å². The number of aryl methyl sites for hydroxylation is 2. The van der Waals surface area contributed by atoms with Crippen LogP contribution in [-0.2, 0) is 19.3 Å². The van der Waals surface area contributed by atoms with Crippen LogP contribution in [0.1, 0.15) is 27.4 Å². The number of hydrogen-bond acceptors (Lipinski definition) is 4. The van der Waals surface area contributed by atoms with Crippen LogP contribution >= 0.6 is 22.7 Å². The predicted octanol–water partition coefficient (Wildman–Crippen LogP) is 3.22. The Morgan fingerprint density at radius 3 is 2.65 bits per heavy atom. The second-order valence-corrected chi connectivity index (χ2v) is 6.46. The average molecular weight is 267 g/mol. The Morgan fingerprint density at radius 2 is 2.06 bits per heavy atom. The molecule has 0 spiro atoms. The molecule has 1 N–H and O–H groups in total. The molecule has 0 radical (unpaired) electrons. The Balaban J connectivity index is 1.90. The minimum absolute atomic E-state index is 0.320. The molecule has 92 valence electrons. The summed E-state index contributed by atoms with van der Waals surface area (Å²) in [5.74, 6) is 0. The second kappa shape index (κ2) is 5.76. The van der Waals surface area contributed by atoms with Gasteiger partial charge in [0, 0.05) is 28.0 Å². The fourth-order valence-corrected chi connectivity index (χ4v) is 3.42. The molecule has 1 atom stereocenters. The molecule has 1 unspecified atom stereocenters. The van der Waals surface area contributed by atoms with E-state index in [1.54, 1.807) is 22.7 Å². The molecule has 0 aromatic carbocycles. The Morgan fingerprint density at radius 1 is 1.29 bits per heavy atom. The van der Waals surface area contributed by atoms with Crippen LogP contribution in [0, 0.1) is 6.92 Å². The van der Waals surface area contributed by atoms with E-state index in [1.807, 2.05) is 12.3 Å². The highest BCUT2D eigenvalue weighted by molar-refractivity contribution is 7.12. The first kappa shape index (κ1) is 12.7. The molecule has 0 bridgehead atoms. The first-order valence-electron chi connectivity index (χ1n) is 5.84. The van der Waals surface area contributed by atoms with E-state index >= 15 is 0 Å². The van der Waals surface area contributed by atoms with Crippen molar-refractivity contribution in [1.29, 1.82) is 0 Å². The van der Waals surface area contributed by atoms with Gasteiger partial charge in [0.2, 0.25) is 0 Å². The molecular formula is C13H17NOS2. The minimum Gasteiger partial charge on any atom is -0.392 e. The van der Waals surface area contributed by atoms with E-state index in [0.29, 0.717) is 6.42 Å². The number of aliphatic hydroxyl groups is 1. The summed E-state index contributed by atoms with van der Waals surface area (Å²) in [7, 11) is 0. The molecule has 0 amide bonds. The highest BCUT2D eigenvalue weighted by atomic mass is 32.1. The van der Waals surface area contributed by atoms with Gasteiger partial charge in [-0.15, -0.1) is 22.7 Å². The molecule has 2 aromatic heterocycles. The van der Waals surface area contributed by atoms with Crippen molar-refractivity contribution in [3.05, 3.63) is 38.0 Å². The van der Waals surface area contributed by atoms with Crippen LogP contribution in [0.5, 0.6) is 0 Å². The fraction of sp³-hybridized carbons (Fsp3) is 0.462. The highest BCUT2D eigenvalue weighted by Crippen LogP contribution is 2.20. The van der Waals surface area contributed by atoms with Crippen LogP contribution in [0.4, 0.5) is 0 Å². The minimum atomic E-state index is -0.320. The van der Waals surface area contributed by atoms with Crippen molar-refractivity contribution in [3.8, 4) is 0 Å². The number of thiophene rings is 1. The molecule has 2 heterocycles. The number of aromatic nitrogens is 1. The lowest BCUT2D eigenvalue weighted by Crippen LogP contribution is -2.13. The number of nitrogens with zero attached hydrogens (tertiary/aromatic N) is 1. The molecule has 2 aromatic rings. The van der Waals surface area contributed by atoms with Gasteiger partial charge in [-0.05, 0) is 25.5 Å². The van der Waals surface area contributed by atoms with Crippen molar-refractivity contribution < 1.29 is 5.11 Å². The lowest BCUT2D eigenvalue weighted by molar-refractivity contribution is 0.175. The summed E-state index contributed by atoms with van der Waals surface area (Å²) in [4.78, 5) is 7.03. The molecule has 2 rings (SSSR count). The topological polar surface area (TPSA) is 33.1 Å². The van der Waals surface area contributed by atoms with E-state index in [0.717, 1.165) is 23.5 Å². The first-order chi connectivity index (χ1) is 8.17. The molecule has 0 aliphatic rings.